The average Bonchev–Trinajstić information content (AvgIpc) is 2.93. The van der Waals surface area contributed by atoms with Gasteiger partial charge >= 0.3 is 0 Å². The monoisotopic (exact) mass is 365 g/mol. The number of benzene rings is 1. The molecule has 0 saturated carbocycles. The summed E-state index contributed by atoms with van der Waals surface area (Å²) in [5, 5.41) is 6.46. The molecule has 0 N–H and O–H groups in total. The van der Waals surface area contributed by atoms with Crippen LogP contribution in [0.25, 0.3) is 0 Å². The van der Waals surface area contributed by atoms with Crippen LogP contribution in [0.4, 0.5) is 4.39 Å². The molecular weight excluding hydrogens is 341 g/mol. The first-order chi connectivity index (χ1) is 13.1. The smallest absolute Gasteiger partial charge is 0.200 e. The fourth-order valence-electron chi connectivity index (χ4n) is 3.63. The van der Waals surface area contributed by atoms with Crippen LogP contribution in [0.5, 0.6) is 0 Å². The Morgan fingerprint density at radius 3 is 2.59 bits per heavy atom. The van der Waals surface area contributed by atoms with Crippen LogP contribution >= 0.6 is 0 Å². The number of hydrazone groups is 1. The van der Waals surface area contributed by atoms with Gasteiger partial charge in [0.2, 0.25) is 0 Å². The van der Waals surface area contributed by atoms with Gasteiger partial charge in [0, 0.05) is 43.4 Å². The van der Waals surface area contributed by atoms with Crippen molar-refractivity contribution in [3.63, 3.8) is 0 Å². The number of nitrogens with zero attached hydrogens (tertiary/aromatic N) is 5. The molecule has 0 bridgehead atoms. The normalized spacial score (nSPS) is 20.2. The molecule has 6 heteroatoms. The Labute approximate surface area is 159 Å². The quantitative estimate of drug-likeness (QED) is 0.772. The van der Waals surface area contributed by atoms with E-state index < -0.39 is 0 Å². The van der Waals surface area contributed by atoms with E-state index in [-0.39, 0.29) is 5.82 Å². The SMILES string of the molecule is CN(C)C1CCN(C2=CC(c3ccc(F)cc3)=NC3=C=CCC=NN32)CC1. The Hall–Kier alpha value is -2.69. The minimum absolute atomic E-state index is 0.245. The van der Waals surface area contributed by atoms with E-state index in [1.165, 1.54) is 12.1 Å². The third kappa shape index (κ3) is 3.72. The van der Waals surface area contributed by atoms with Gasteiger partial charge in [-0.1, -0.05) is 5.73 Å². The fraction of sp³-hybridized carbons (Fsp3) is 0.381. The third-order valence-electron chi connectivity index (χ3n) is 5.22. The van der Waals surface area contributed by atoms with E-state index in [9.17, 15) is 4.39 Å². The lowest BCUT2D eigenvalue weighted by atomic mass is 10.0. The molecule has 1 saturated heterocycles. The van der Waals surface area contributed by atoms with Crippen LogP contribution in [-0.4, -0.2) is 60.0 Å². The van der Waals surface area contributed by atoms with Crippen LogP contribution < -0.4 is 0 Å². The van der Waals surface area contributed by atoms with Crippen LogP contribution in [0.2, 0.25) is 0 Å². The molecule has 0 atom stereocenters. The summed E-state index contributed by atoms with van der Waals surface area (Å²) in [5.41, 5.74) is 4.94. The predicted molar refractivity (Wildman–Crippen MR) is 106 cm³/mol. The van der Waals surface area contributed by atoms with E-state index in [0.29, 0.717) is 11.9 Å². The molecule has 1 fully saturated rings. The highest BCUT2D eigenvalue weighted by molar-refractivity contribution is 6.10. The van der Waals surface area contributed by atoms with Crippen LogP contribution in [0, 0.1) is 5.82 Å². The third-order valence-corrected chi connectivity index (χ3v) is 5.22. The highest BCUT2D eigenvalue weighted by atomic mass is 19.1. The second-order valence-corrected chi connectivity index (χ2v) is 7.21. The molecule has 0 unspecified atom stereocenters. The van der Waals surface area contributed by atoms with E-state index in [2.05, 4.69) is 40.8 Å². The maximum atomic E-state index is 13.3. The van der Waals surface area contributed by atoms with Gasteiger partial charge in [0.05, 0.1) is 5.71 Å². The summed E-state index contributed by atoms with van der Waals surface area (Å²) in [6.07, 6.45) is 8.82. The van der Waals surface area contributed by atoms with Crippen molar-refractivity contribution in [3.8, 4) is 0 Å². The first-order valence-electron chi connectivity index (χ1n) is 9.37. The summed E-state index contributed by atoms with van der Waals surface area (Å²) in [4.78, 5) is 9.39. The molecule has 27 heavy (non-hydrogen) atoms. The zero-order chi connectivity index (χ0) is 18.8. The van der Waals surface area contributed by atoms with Crippen molar-refractivity contribution in [2.45, 2.75) is 25.3 Å². The number of aliphatic imine (C=N–C) groups is 1. The molecule has 0 amide bonds. The number of allylic oxidation sites excluding steroid dienone is 2. The number of fused-ring (bicyclic) bond motifs is 1. The van der Waals surface area contributed by atoms with Gasteiger partial charge in [0.1, 0.15) is 11.6 Å². The molecule has 4 rings (SSSR count). The maximum Gasteiger partial charge on any atom is 0.200 e. The lowest BCUT2D eigenvalue weighted by molar-refractivity contribution is 0.143. The van der Waals surface area contributed by atoms with Gasteiger partial charge in [-0.05, 0) is 57.3 Å². The van der Waals surface area contributed by atoms with Crippen LogP contribution in [0.1, 0.15) is 24.8 Å². The second kappa shape index (κ2) is 7.51. The Kier molecular flexibility index (Phi) is 4.92. The summed E-state index contributed by atoms with van der Waals surface area (Å²) < 4.78 is 13.3. The van der Waals surface area contributed by atoms with E-state index in [4.69, 9.17) is 4.99 Å². The number of halogens is 1. The Balaban J connectivity index is 1.68. The van der Waals surface area contributed by atoms with E-state index in [0.717, 1.165) is 49.4 Å². The molecule has 3 aliphatic heterocycles. The molecule has 3 heterocycles. The highest BCUT2D eigenvalue weighted by Crippen LogP contribution is 2.28. The Bertz CT molecular complexity index is 851. The first-order valence-corrected chi connectivity index (χ1v) is 9.37. The van der Waals surface area contributed by atoms with Crippen molar-refractivity contribution in [3.05, 3.63) is 65.2 Å². The molecule has 1 aromatic rings. The van der Waals surface area contributed by atoms with Gasteiger partial charge in [-0.2, -0.15) is 10.1 Å². The van der Waals surface area contributed by atoms with Crippen molar-refractivity contribution in [1.29, 1.82) is 0 Å². The summed E-state index contributed by atoms with van der Waals surface area (Å²) in [7, 11) is 4.29. The number of hydrogen-bond acceptors (Lipinski definition) is 5. The summed E-state index contributed by atoms with van der Waals surface area (Å²) >= 11 is 0. The lowest BCUT2D eigenvalue weighted by Crippen LogP contribution is -2.44. The molecular formula is C21H24FN5. The number of rotatable bonds is 3. The number of likely N-dealkylation sites (tertiary alicyclic amines) is 1. The van der Waals surface area contributed by atoms with E-state index >= 15 is 0 Å². The molecule has 0 aromatic heterocycles. The maximum absolute atomic E-state index is 13.3. The molecule has 5 nitrogen and oxygen atoms in total. The Morgan fingerprint density at radius 1 is 1.15 bits per heavy atom. The van der Waals surface area contributed by atoms with Crippen molar-refractivity contribution >= 4 is 11.9 Å². The van der Waals surface area contributed by atoms with Crippen molar-refractivity contribution < 1.29 is 4.39 Å². The van der Waals surface area contributed by atoms with Gasteiger partial charge in [-0.25, -0.2) is 9.38 Å². The molecule has 0 aliphatic carbocycles. The van der Waals surface area contributed by atoms with Gasteiger partial charge in [0.25, 0.3) is 0 Å². The average molecular weight is 365 g/mol. The van der Waals surface area contributed by atoms with Gasteiger partial charge < -0.3 is 9.80 Å². The highest BCUT2D eigenvalue weighted by Gasteiger charge is 2.29. The largest absolute Gasteiger partial charge is 0.356 e. The summed E-state index contributed by atoms with van der Waals surface area (Å²) in [5.74, 6) is 1.44. The fourth-order valence-corrected chi connectivity index (χ4v) is 3.63. The zero-order valence-electron chi connectivity index (χ0n) is 15.8. The topological polar surface area (TPSA) is 34.4 Å². The molecule has 1 aromatic carbocycles. The molecule has 0 radical (unpaired) electrons. The minimum atomic E-state index is -0.245. The first kappa shape index (κ1) is 17.7. The van der Waals surface area contributed by atoms with Crippen molar-refractivity contribution in [2.75, 3.05) is 27.2 Å². The summed E-state index contributed by atoms with van der Waals surface area (Å²) in [6.45, 7) is 1.93. The molecule has 0 spiro atoms. The minimum Gasteiger partial charge on any atom is -0.356 e. The van der Waals surface area contributed by atoms with Crippen molar-refractivity contribution in [1.82, 2.24) is 14.8 Å². The predicted octanol–water partition coefficient (Wildman–Crippen LogP) is 3.18. The van der Waals surface area contributed by atoms with Gasteiger partial charge in [-0.3, -0.25) is 0 Å². The van der Waals surface area contributed by atoms with Gasteiger partial charge in [0.15, 0.2) is 5.82 Å². The second-order valence-electron chi connectivity index (χ2n) is 7.21. The zero-order valence-corrected chi connectivity index (χ0v) is 15.8. The van der Waals surface area contributed by atoms with Crippen molar-refractivity contribution in [2.24, 2.45) is 10.1 Å². The standard InChI is InChI=1S/C21H24FN5/c1-25(2)18-10-13-26(14-11-18)21-15-19(16-6-8-17(22)9-7-16)24-20-5-3-4-12-23-27(20)21/h3,6-9,12,15,18H,4,10-11,13-14H2,1-2H3. The Morgan fingerprint density at radius 2 is 1.89 bits per heavy atom. The lowest BCUT2D eigenvalue weighted by Gasteiger charge is -2.40. The van der Waals surface area contributed by atoms with Crippen LogP contribution in [0.15, 0.2) is 63.9 Å². The van der Waals surface area contributed by atoms with Crippen LogP contribution in [0.3, 0.4) is 0 Å². The number of hydrogen-bond donors (Lipinski definition) is 0. The summed E-state index contributed by atoms with van der Waals surface area (Å²) in [6, 6.07) is 7.07. The molecule has 140 valence electrons. The van der Waals surface area contributed by atoms with E-state index in [1.54, 1.807) is 12.1 Å². The van der Waals surface area contributed by atoms with Gasteiger partial charge in [-0.15, -0.1) is 0 Å². The number of piperidine rings is 1. The van der Waals surface area contributed by atoms with E-state index in [1.807, 2.05) is 17.3 Å². The molecule has 3 aliphatic rings. The van der Waals surface area contributed by atoms with Crippen LogP contribution in [-0.2, 0) is 0 Å².